The molecule has 1 spiro atoms. The third kappa shape index (κ3) is 8.78. The van der Waals surface area contributed by atoms with Crippen molar-refractivity contribution in [2.75, 3.05) is 58.2 Å². The van der Waals surface area contributed by atoms with Gasteiger partial charge in [0.1, 0.15) is 15.7 Å². The smallest absolute Gasteiger partial charge is 0.409 e. The number of halogens is 1. The van der Waals surface area contributed by atoms with Crippen LogP contribution in [0.1, 0.15) is 73.4 Å². The van der Waals surface area contributed by atoms with Gasteiger partial charge in [-0.05, 0) is 116 Å². The molecule has 5 aliphatic rings. The van der Waals surface area contributed by atoms with E-state index >= 15 is 0 Å². The molecule has 6 atom stereocenters. The first-order valence-corrected chi connectivity index (χ1v) is 21.6. The Morgan fingerprint density at radius 1 is 1.16 bits per heavy atom. The van der Waals surface area contributed by atoms with Crippen LogP contribution in [0.15, 0.2) is 52.9 Å². The number of carbonyl (C=O) groups is 3. The molecule has 2 saturated carbocycles. The Labute approximate surface area is 330 Å². The third-order valence-electron chi connectivity index (χ3n) is 12.1. The molecule has 0 aromatic heterocycles. The summed E-state index contributed by atoms with van der Waals surface area (Å²) in [6, 6.07) is 10.7. The number of anilines is 1. The number of methoxy groups -OCH3 is 1. The maximum absolute atomic E-state index is 14.5. The predicted molar refractivity (Wildman–Crippen MR) is 213 cm³/mol. The molecule has 12 nitrogen and oxygen atoms in total. The Morgan fingerprint density at radius 2 is 1.98 bits per heavy atom. The van der Waals surface area contributed by atoms with E-state index in [0.717, 1.165) is 49.4 Å². The van der Waals surface area contributed by atoms with Crippen molar-refractivity contribution in [3.05, 3.63) is 70.3 Å². The minimum Gasteiger partial charge on any atom is -0.490 e. The van der Waals surface area contributed by atoms with E-state index in [1.54, 1.807) is 27.3 Å². The lowest BCUT2D eigenvalue weighted by atomic mass is 9.68. The zero-order valence-corrected chi connectivity index (χ0v) is 33.8. The van der Waals surface area contributed by atoms with Crippen molar-refractivity contribution >= 4 is 45.2 Å². The lowest BCUT2D eigenvalue weighted by Gasteiger charge is -2.46. The lowest BCUT2D eigenvalue weighted by molar-refractivity contribution is 0.0131. The Balaban J connectivity index is 1.17. The standard InChI is InChI=1S/C41H54ClN5O7S/c1-26-7-5-9-36(52-4)33-13-10-30(33)21-47-24-41(16-6-8-28-19-31(42)12-14-34(28)41)25-54-37-15-11-29(20-35(37)47)38(48)44-55(51,23-26)45-39(49)43-32-17-27(18-32)22-53-40(50)46(2)3/h5,9,11-12,14-15,19-20,26-27,30,32-33,36H,6-8,10,13,16-18,21-25H2,1-4H3,(H2,43,44,45,48,49,51)/b9-5+/t26-,27?,30-,32?,33+,36-,41-,55?/m0/s1. The maximum Gasteiger partial charge on any atom is 0.409 e. The molecule has 0 saturated heterocycles. The van der Waals surface area contributed by atoms with Crippen LogP contribution >= 0.6 is 11.6 Å². The fourth-order valence-electron chi connectivity index (χ4n) is 9.03. The molecule has 3 aliphatic carbocycles. The first kappa shape index (κ1) is 39.4. The summed E-state index contributed by atoms with van der Waals surface area (Å²) in [5, 5.41) is 3.61. The number of nitrogens with zero attached hydrogens (tertiary/aromatic N) is 3. The summed E-state index contributed by atoms with van der Waals surface area (Å²) in [4.78, 5) is 42.9. The Bertz CT molecular complexity index is 1940. The molecule has 14 heteroatoms. The number of carbonyl (C=O) groups excluding carboxylic acids is 3. The molecule has 2 heterocycles. The van der Waals surface area contributed by atoms with Crippen LogP contribution in [-0.4, -0.2) is 92.5 Å². The van der Waals surface area contributed by atoms with Crippen molar-refractivity contribution in [2.45, 2.75) is 75.9 Å². The minimum absolute atomic E-state index is 0.0138. The van der Waals surface area contributed by atoms with Crippen LogP contribution in [-0.2, 0) is 31.2 Å². The van der Waals surface area contributed by atoms with Gasteiger partial charge >= 0.3 is 12.1 Å². The molecule has 55 heavy (non-hydrogen) atoms. The monoisotopic (exact) mass is 795 g/mol. The van der Waals surface area contributed by atoms with Crippen molar-refractivity contribution in [1.29, 1.82) is 0 Å². The zero-order valence-electron chi connectivity index (χ0n) is 32.3. The number of benzene rings is 2. The summed E-state index contributed by atoms with van der Waals surface area (Å²) in [7, 11) is 1.45. The van der Waals surface area contributed by atoms with Gasteiger partial charge in [0.15, 0.2) is 0 Å². The highest BCUT2D eigenvalue weighted by Crippen LogP contribution is 2.47. The Hall–Kier alpha value is -3.81. The molecule has 2 fully saturated rings. The van der Waals surface area contributed by atoms with Crippen LogP contribution in [0.2, 0.25) is 5.02 Å². The van der Waals surface area contributed by atoms with Crippen molar-refractivity contribution in [3.8, 4) is 5.75 Å². The maximum atomic E-state index is 14.5. The van der Waals surface area contributed by atoms with Crippen LogP contribution in [0.4, 0.5) is 15.3 Å². The molecule has 2 aliphatic heterocycles. The van der Waals surface area contributed by atoms with E-state index in [0.29, 0.717) is 50.0 Å². The van der Waals surface area contributed by atoms with Gasteiger partial charge in [-0.1, -0.05) is 36.7 Å². The highest BCUT2D eigenvalue weighted by Gasteiger charge is 2.44. The average molecular weight is 796 g/mol. The second-order valence-corrected chi connectivity index (χ2v) is 19.0. The van der Waals surface area contributed by atoms with E-state index < -0.39 is 27.9 Å². The highest BCUT2D eigenvalue weighted by molar-refractivity contribution is 7.92. The molecule has 2 aromatic carbocycles. The molecule has 2 bridgehead atoms. The van der Waals surface area contributed by atoms with Gasteiger partial charge in [-0.25, -0.2) is 13.8 Å². The van der Waals surface area contributed by atoms with E-state index in [1.807, 2.05) is 25.1 Å². The summed E-state index contributed by atoms with van der Waals surface area (Å²) in [5.74, 6) is 0.672. The number of aryl methyl sites for hydroxylation is 1. The SMILES string of the molecule is CO[C@H]1/C=C/C[C@H](C)CS(=O)(NC(=O)NC2CC(COC(=O)N(C)C)C2)=NC(=O)c2ccc3c(c2)N(C[C@@H]2CC[C@H]21)C[C@@]1(CCCc2cc(Cl)ccc21)CO3. The second kappa shape index (κ2) is 16.3. The van der Waals surface area contributed by atoms with Gasteiger partial charge in [-0.3, -0.25) is 9.52 Å². The van der Waals surface area contributed by atoms with E-state index in [4.69, 9.17) is 25.8 Å². The number of nitrogens with one attached hydrogen (secondary N) is 2. The average Bonchev–Trinajstić information content (AvgIpc) is 3.26. The molecule has 298 valence electrons. The first-order valence-electron chi connectivity index (χ1n) is 19.6. The number of fused-ring (bicyclic) bond motifs is 4. The lowest BCUT2D eigenvalue weighted by Crippen LogP contribution is -2.51. The van der Waals surface area contributed by atoms with E-state index in [-0.39, 0.29) is 47.3 Å². The molecule has 2 N–H and O–H groups in total. The van der Waals surface area contributed by atoms with Gasteiger partial charge in [-0.15, -0.1) is 4.36 Å². The molecular weight excluding hydrogens is 742 g/mol. The topological polar surface area (TPSA) is 139 Å². The zero-order chi connectivity index (χ0) is 38.9. The van der Waals surface area contributed by atoms with Crippen LogP contribution < -0.4 is 19.7 Å². The number of ether oxygens (including phenoxy) is 3. The van der Waals surface area contributed by atoms with Crippen molar-refractivity contribution in [3.63, 3.8) is 0 Å². The van der Waals surface area contributed by atoms with Gasteiger partial charge < -0.3 is 29.3 Å². The molecule has 4 amide bonds. The van der Waals surface area contributed by atoms with Crippen molar-refractivity contribution < 1.29 is 32.8 Å². The number of amides is 4. The molecular formula is C41H54ClN5O7S. The summed E-state index contributed by atoms with van der Waals surface area (Å²) >= 11 is 6.46. The molecule has 1 unspecified atom stereocenters. The number of allylic oxidation sites excluding steroid dienone is 1. The summed E-state index contributed by atoms with van der Waals surface area (Å²) in [5.41, 5.74) is 3.34. The number of hydrogen-bond acceptors (Lipinski definition) is 8. The van der Waals surface area contributed by atoms with Gasteiger partial charge in [0.2, 0.25) is 0 Å². The van der Waals surface area contributed by atoms with Crippen LogP contribution in [0.25, 0.3) is 0 Å². The fourth-order valence-corrected chi connectivity index (χ4v) is 11.1. The number of hydrogen-bond donors (Lipinski definition) is 2. The van der Waals surface area contributed by atoms with Gasteiger partial charge in [0, 0.05) is 56.3 Å². The summed E-state index contributed by atoms with van der Waals surface area (Å²) < 4.78 is 39.4. The predicted octanol–water partition coefficient (Wildman–Crippen LogP) is 6.75. The molecule has 0 radical (unpaired) electrons. The van der Waals surface area contributed by atoms with E-state index in [9.17, 15) is 18.6 Å². The van der Waals surface area contributed by atoms with Crippen LogP contribution in [0, 0.1) is 23.7 Å². The fraction of sp³-hybridized carbons (Fsp3) is 0.585. The van der Waals surface area contributed by atoms with E-state index in [1.165, 1.54) is 16.0 Å². The number of rotatable bonds is 5. The van der Waals surface area contributed by atoms with Gasteiger partial charge in [-0.2, -0.15) is 0 Å². The normalized spacial score (nSPS) is 32.2. The second-order valence-electron chi connectivity index (χ2n) is 16.5. The third-order valence-corrected chi connectivity index (χ3v) is 14.4. The van der Waals surface area contributed by atoms with Gasteiger partial charge in [0.05, 0.1) is 30.8 Å². The summed E-state index contributed by atoms with van der Waals surface area (Å²) in [6.07, 6.45) is 10.6. The van der Waals surface area contributed by atoms with E-state index in [2.05, 4.69) is 43.6 Å². The minimum atomic E-state index is -3.55. The largest absolute Gasteiger partial charge is 0.490 e. The highest BCUT2D eigenvalue weighted by atomic mass is 35.5. The van der Waals surface area contributed by atoms with Crippen molar-refractivity contribution in [2.24, 2.45) is 28.0 Å². The van der Waals surface area contributed by atoms with Crippen molar-refractivity contribution in [1.82, 2.24) is 14.9 Å². The Morgan fingerprint density at radius 3 is 2.73 bits per heavy atom. The van der Waals surface area contributed by atoms with Crippen LogP contribution in [0.3, 0.4) is 0 Å². The van der Waals surface area contributed by atoms with Crippen LogP contribution in [0.5, 0.6) is 5.75 Å². The molecule has 2 aromatic rings. The summed E-state index contributed by atoms with van der Waals surface area (Å²) in [6.45, 7) is 4.17. The molecule has 7 rings (SSSR count). The first-order chi connectivity index (χ1) is 26.3. The quantitative estimate of drug-likeness (QED) is 0.317. The van der Waals surface area contributed by atoms with Gasteiger partial charge in [0.25, 0.3) is 5.91 Å². The Kier molecular flexibility index (Phi) is 11.7. The number of urea groups is 1.